The molecule has 0 bridgehead atoms. The number of rotatable bonds is 4. The SMILES string of the molecule is O=C(Nc1ccc(F)c(F)c1)c1cnn(-c2cccc(Cl)c2)c1-c1ccncc1. The minimum absolute atomic E-state index is 0.130. The lowest BCUT2D eigenvalue weighted by Crippen LogP contribution is -2.13. The van der Waals surface area contributed by atoms with Gasteiger partial charge in [-0.05, 0) is 42.5 Å². The summed E-state index contributed by atoms with van der Waals surface area (Å²) in [5, 5.41) is 7.43. The molecule has 0 aliphatic carbocycles. The average Bonchev–Trinajstić information content (AvgIpc) is 3.17. The lowest BCUT2D eigenvalue weighted by molar-refractivity contribution is 0.102. The van der Waals surface area contributed by atoms with Crippen LogP contribution in [0.1, 0.15) is 10.4 Å². The van der Waals surface area contributed by atoms with Crippen molar-refractivity contribution in [2.24, 2.45) is 0 Å². The number of hydrogen-bond donors (Lipinski definition) is 1. The predicted octanol–water partition coefficient (Wildman–Crippen LogP) is 5.12. The maximum absolute atomic E-state index is 13.5. The van der Waals surface area contributed by atoms with Crippen LogP contribution in [0, 0.1) is 11.6 Å². The van der Waals surface area contributed by atoms with Gasteiger partial charge in [0.2, 0.25) is 0 Å². The van der Waals surface area contributed by atoms with E-state index in [1.807, 2.05) is 0 Å². The molecule has 0 unspecified atom stereocenters. The number of pyridine rings is 1. The Morgan fingerprint density at radius 3 is 2.52 bits per heavy atom. The lowest BCUT2D eigenvalue weighted by Gasteiger charge is -2.11. The smallest absolute Gasteiger partial charge is 0.259 e. The van der Waals surface area contributed by atoms with E-state index in [2.05, 4.69) is 15.4 Å². The summed E-state index contributed by atoms with van der Waals surface area (Å²) in [4.78, 5) is 16.9. The second-order valence-corrected chi connectivity index (χ2v) is 6.55. The Kier molecular flexibility index (Phi) is 5.05. The standard InChI is InChI=1S/C21H13ClF2N4O/c22-14-2-1-3-16(10-14)28-20(13-6-8-25-9-7-13)17(12-26-28)21(29)27-15-4-5-18(23)19(24)11-15/h1-12H,(H,27,29). The number of carbonyl (C=O) groups excluding carboxylic acids is 1. The summed E-state index contributed by atoms with van der Waals surface area (Å²) in [5.41, 5.74) is 2.25. The fourth-order valence-electron chi connectivity index (χ4n) is 2.88. The largest absolute Gasteiger partial charge is 0.322 e. The van der Waals surface area contributed by atoms with Gasteiger partial charge in [0.1, 0.15) is 0 Å². The van der Waals surface area contributed by atoms with Crippen LogP contribution in [0.25, 0.3) is 16.9 Å². The second kappa shape index (κ2) is 7.81. The van der Waals surface area contributed by atoms with Crippen LogP contribution >= 0.6 is 11.6 Å². The quantitative estimate of drug-likeness (QED) is 0.508. The monoisotopic (exact) mass is 410 g/mol. The van der Waals surface area contributed by atoms with Crippen molar-refractivity contribution in [2.45, 2.75) is 0 Å². The first-order valence-corrected chi connectivity index (χ1v) is 8.91. The van der Waals surface area contributed by atoms with E-state index >= 15 is 0 Å². The van der Waals surface area contributed by atoms with Crippen molar-refractivity contribution in [1.82, 2.24) is 14.8 Å². The van der Waals surface area contributed by atoms with Gasteiger partial charge in [0.15, 0.2) is 11.6 Å². The van der Waals surface area contributed by atoms with Crippen LogP contribution in [0.4, 0.5) is 14.5 Å². The first-order chi connectivity index (χ1) is 14.0. The molecule has 0 radical (unpaired) electrons. The number of aromatic nitrogens is 3. The van der Waals surface area contributed by atoms with Crippen molar-refractivity contribution in [3.63, 3.8) is 0 Å². The van der Waals surface area contributed by atoms with Gasteiger partial charge < -0.3 is 5.32 Å². The molecule has 0 aliphatic rings. The minimum atomic E-state index is -1.05. The van der Waals surface area contributed by atoms with Gasteiger partial charge in [-0.3, -0.25) is 9.78 Å². The Morgan fingerprint density at radius 1 is 1.00 bits per heavy atom. The Hall–Kier alpha value is -3.58. The molecule has 4 rings (SSSR count). The third-order valence-electron chi connectivity index (χ3n) is 4.20. The van der Waals surface area contributed by atoms with Gasteiger partial charge in [-0.25, -0.2) is 13.5 Å². The molecule has 8 heteroatoms. The lowest BCUT2D eigenvalue weighted by atomic mass is 10.1. The molecule has 4 aromatic rings. The minimum Gasteiger partial charge on any atom is -0.322 e. The fraction of sp³-hybridized carbons (Fsp3) is 0. The molecule has 2 aromatic carbocycles. The van der Waals surface area contributed by atoms with Crippen LogP contribution in [-0.2, 0) is 0 Å². The molecule has 0 spiro atoms. The summed E-state index contributed by atoms with van der Waals surface area (Å²) in [7, 11) is 0. The summed E-state index contributed by atoms with van der Waals surface area (Å²) in [6, 6.07) is 13.7. The van der Waals surface area contributed by atoms with Crippen molar-refractivity contribution in [2.75, 3.05) is 5.32 Å². The highest BCUT2D eigenvalue weighted by Gasteiger charge is 2.20. The maximum Gasteiger partial charge on any atom is 0.259 e. The van der Waals surface area contributed by atoms with Crippen LogP contribution in [-0.4, -0.2) is 20.7 Å². The van der Waals surface area contributed by atoms with Gasteiger partial charge in [-0.15, -0.1) is 0 Å². The summed E-state index contributed by atoms with van der Waals surface area (Å²) in [6.07, 6.45) is 4.61. The van der Waals surface area contributed by atoms with Crippen LogP contribution in [0.15, 0.2) is 73.2 Å². The molecule has 29 heavy (non-hydrogen) atoms. The van der Waals surface area contributed by atoms with E-state index in [9.17, 15) is 13.6 Å². The van der Waals surface area contributed by atoms with E-state index in [1.165, 1.54) is 12.3 Å². The normalized spacial score (nSPS) is 10.7. The molecule has 2 aromatic heterocycles. The van der Waals surface area contributed by atoms with Crippen LogP contribution in [0.3, 0.4) is 0 Å². The van der Waals surface area contributed by atoms with Crippen molar-refractivity contribution < 1.29 is 13.6 Å². The Balaban J connectivity index is 1.79. The number of nitrogens with one attached hydrogen (secondary N) is 1. The number of halogens is 3. The van der Waals surface area contributed by atoms with Crippen molar-refractivity contribution >= 4 is 23.2 Å². The molecule has 5 nitrogen and oxygen atoms in total. The molecule has 0 atom stereocenters. The number of hydrogen-bond acceptors (Lipinski definition) is 3. The molecule has 0 aliphatic heterocycles. The van der Waals surface area contributed by atoms with Gasteiger partial charge in [0, 0.05) is 34.7 Å². The Morgan fingerprint density at radius 2 is 1.79 bits per heavy atom. The highest BCUT2D eigenvalue weighted by atomic mass is 35.5. The third-order valence-corrected chi connectivity index (χ3v) is 4.43. The molecule has 1 N–H and O–H groups in total. The van der Waals surface area contributed by atoms with E-state index in [-0.39, 0.29) is 11.3 Å². The first-order valence-electron chi connectivity index (χ1n) is 8.53. The van der Waals surface area contributed by atoms with Gasteiger partial charge >= 0.3 is 0 Å². The number of carbonyl (C=O) groups is 1. The number of nitrogens with zero attached hydrogens (tertiary/aromatic N) is 3. The van der Waals surface area contributed by atoms with Gasteiger partial charge in [0.05, 0.1) is 23.1 Å². The highest BCUT2D eigenvalue weighted by Crippen LogP contribution is 2.28. The van der Waals surface area contributed by atoms with Crippen molar-refractivity contribution in [3.8, 4) is 16.9 Å². The van der Waals surface area contributed by atoms with Crippen molar-refractivity contribution in [3.05, 3.63) is 95.4 Å². The van der Waals surface area contributed by atoms with Crippen molar-refractivity contribution in [1.29, 1.82) is 0 Å². The van der Waals surface area contributed by atoms with Gasteiger partial charge in [-0.1, -0.05) is 17.7 Å². The number of anilines is 1. The molecule has 0 fully saturated rings. The summed E-state index contributed by atoms with van der Waals surface area (Å²) in [5.74, 6) is -2.56. The molecule has 2 heterocycles. The summed E-state index contributed by atoms with van der Waals surface area (Å²) >= 11 is 6.10. The second-order valence-electron chi connectivity index (χ2n) is 6.12. The molecule has 144 valence electrons. The summed E-state index contributed by atoms with van der Waals surface area (Å²) in [6.45, 7) is 0. The Bertz CT molecular complexity index is 1190. The maximum atomic E-state index is 13.5. The molecule has 1 amide bonds. The van der Waals surface area contributed by atoms with E-state index in [0.29, 0.717) is 22.0 Å². The van der Waals surface area contributed by atoms with E-state index in [1.54, 1.807) is 53.5 Å². The molecule has 0 saturated carbocycles. The van der Waals surface area contributed by atoms with Crippen LogP contribution in [0.5, 0.6) is 0 Å². The van der Waals surface area contributed by atoms with Crippen LogP contribution < -0.4 is 5.32 Å². The zero-order valence-electron chi connectivity index (χ0n) is 14.8. The molecule has 0 saturated heterocycles. The fourth-order valence-corrected chi connectivity index (χ4v) is 3.06. The van der Waals surface area contributed by atoms with E-state index in [4.69, 9.17) is 11.6 Å². The Labute approximate surface area is 169 Å². The zero-order chi connectivity index (χ0) is 20.4. The van der Waals surface area contributed by atoms with E-state index in [0.717, 1.165) is 12.1 Å². The summed E-state index contributed by atoms with van der Waals surface area (Å²) < 4.78 is 28.2. The third kappa shape index (κ3) is 3.86. The van der Waals surface area contributed by atoms with Gasteiger partial charge in [0.25, 0.3) is 5.91 Å². The predicted molar refractivity (Wildman–Crippen MR) is 106 cm³/mol. The van der Waals surface area contributed by atoms with Crippen LogP contribution in [0.2, 0.25) is 5.02 Å². The molecular formula is C21H13ClF2N4O. The number of amides is 1. The van der Waals surface area contributed by atoms with Gasteiger partial charge in [-0.2, -0.15) is 5.10 Å². The average molecular weight is 411 g/mol. The first kappa shape index (κ1) is 18.8. The topological polar surface area (TPSA) is 59.8 Å². The highest BCUT2D eigenvalue weighted by molar-refractivity contribution is 6.30. The zero-order valence-corrected chi connectivity index (χ0v) is 15.6. The van der Waals surface area contributed by atoms with E-state index < -0.39 is 17.5 Å². The molecular weight excluding hydrogens is 398 g/mol. The number of benzene rings is 2.